The maximum atomic E-state index is 6.28. The number of rotatable bonds is 4. The number of imidazole rings is 1. The molecule has 6 nitrogen and oxygen atoms in total. The van der Waals surface area contributed by atoms with Crippen LogP contribution in [0.5, 0.6) is 11.5 Å². The third kappa shape index (κ3) is 2.87. The summed E-state index contributed by atoms with van der Waals surface area (Å²) in [6.07, 6.45) is 6.16. The van der Waals surface area contributed by atoms with Gasteiger partial charge in [0, 0.05) is 37.0 Å². The van der Waals surface area contributed by atoms with Gasteiger partial charge < -0.3 is 14.4 Å². The predicted molar refractivity (Wildman–Crippen MR) is 98.0 cm³/mol. The van der Waals surface area contributed by atoms with Crippen LogP contribution in [-0.2, 0) is 0 Å². The summed E-state index contributed by atoms with van der Waals surface area (Å²) >= 11 is 6.28. The molecular weight excluding hydrogens is 340 g/mol. The fraction of sp³-hybridized carbons (Fsp3) is 0.333. The van der Waals surface area contributed by atoms with Crippen molar-refractivity contribution in [3.05, 3.63) is 35.7 Å². The topological polar surface area (TPSA) is 51.9 Å². The Balaban J connectivity index is 1.78. The van der Waals surface area contributed by atoms with Crippen LogP contribution < -0.4 is 14.4 Å². The average Bonchev–Trinajstić information content (AvgIpc) is 3.30. The minimum Gasteiger partial charge on any atom is -0.496 e. The zero-order valence-electron chi connectivity index (χ0n) is 14.2. The van der Waals surface area contributed by atoms with Crippen molar-refractivity contribution in [2.24, 2.45) is 0 Å². The van der Waals surface area contributed by atoms with Gasteiger partial charge in [-0.15, -0.1) is 0 Å². The van der Waals surface area contributed by atoms with Crippen LogP contribution in [0.3, 0.4) is 0 Å². The van der Waals surface area contributed by atoms with E-state index in [2.05, 4.69) is 9.88 Å². The smallest absolute Gasteiger partial charge is 0.142 e. The summed E-state index contributed by atoms with van der Waals surface area (Å²) in [6, 6.07) is 5.61. The monoisotopic (exact) mass is 358 g/mol. The van der Waals surface area contributed by atoms with Crippen molar-refractivity contribution in [2.75, 3.05) is 32.2 Å². The average molecular weight is 359 g/mol. The molecule has 3 heterocycles. The summed E-state index contributed by atoms with van der Waals surface area (Å²) in [7, 11) is 3.20. The number of fused-ring (bicyclic) bond motifs is 1. The number of nitrogens with zero attached hydrogens (tertiary/aromatic N) is 4. The third-order valence-electron chi connectivity index (χ3n) is 4.51. The normalized spacial score (nSPS) is 14.3. The van der Waals surface area contributed by atoms with E-state index in [-0.39, 0.29) is 0 Å². The van der Waals surface area contributed by atoms with Gasteiger partial charge in [0.15, 0.2) is 0 Å². The van der Waals surface area contributed by atoms with Crippen molar-refractivity contribution in [1.82, 2.24) is 14.4 Å². The van der Waals surface area contributed by atoms with Crippen molar-refractivity contribution >= 4 is 23.1 Å². The molecule has 130 valence electrons. The van der Waals surface area contributed by atoms with Gasteiger partial charge in [-0.25, -0.2) is 9.97 Å². The highest BCUT2D eigenvalue weighted by molar-refractivity contribution is 6.32. The molecule has 25 heavy (non-hydrogen) atoms. The van der Waals surface area contributed by atoms with Gasteiger partial charge in [0.1, 0.15) is 29.3 Å². The molecule has 2 aromatic heterocycles. The highest BCUT2D eigenvalue weighted by Crippen LogP contribution is 2.38. The standard InChI is InChI=1S/C18H19ClN4O2/c1-24-15-8-16(25-2)13(19)7-12(15)14-10-23-11-20-17(9-18(23)21-14)22-5-3-4-6-22/h7-11H,3-6H2,1-2H3. The van der Waals surface area contributed by atoms with Gasteiger partial charge in [0.25, 0.3) is 0 Å². The lowest BCUT2D eigenvalue weighted by Crippen LogP contribution is -2.19. The summed E-state index contributed by atoms with van der Waals surface area (Å²) in [5.74, 6) is 2.21. The molecule has 0 atom stereocenters. The van der Waals surface area contributed by atoms with Crippen LogP contribution in [0.4, 0.5) is 5.82 Å². The quantitative estimate of drug-likeness (QED) is 0.712. The van der Waals surface area contributed by atoms with E-state index in [0.717, 1.165) is 35.8 Å². The third-order valence-corrected chi connectivity index (χ3v) is 4.81. The van der Waals surface area contributed by atoms with Crippen molar-refractivity contribution in [3.63, 3.8) is 0 Å². The molecule has 0 saturated carbocycles. The Morgan fingerprint density at radius 2 is 1.80 bits per heavy atom. The number of halogens is 1. The number of ether oxygens (including phenoxy) is 2. The lowest BCUT2D eigenvalue weighted by Gasteiger charge is -2.15. The molecule has 7 heteroatoms. The second-order valence-electron chi connectivity index (χ2n) is 6.02. The first-order chi connectivity index (χ1) is 12.2. The molecule has 4 rings (SSSR count). The Morgan fingerprint density at radius 1 is 1.04 bits per heavy atom. The van der Waals surface area contributed by atoms with Crippen molar-refractivity contribution < 1.29 is 9.47 Å². The Morgan fingerprint density at radius 3 is 2.52 bits per heavy atom. The van der Waals surface area contributed by atoms with Crippen molar-refractivity contribution in [1.29, 1.82) is 0 Å². The van der Waals surface area contributed by atoms with Gasteiger partial charge >= 0.3 is 0 Å². The summed E-state index contributed by atoms with van der Waals surface area (Å²) in [4.78, 5) is 11.6. The minimum absolute atomic E-state index is 0.520. The molecule has 1 saturated heterocycles. The van der Waals surface area contributed by atoms with Crippen LogP contribution >= 0.6 is 11.6 Å². The van der Waals surface area contributed by atoms with Crippen LogP contribution in [0.25, 0.3) is 16.9 Å². The largest absolute Gasteiger partial charge is 0.496 e. The number of hydrogen-bond acceptors (Lipinski definition) is 5. The maximum Gasteiger partial charge on any atom is 0.142 e. The Labute approximate surface area is 151 Å². The van der Waals surface area contributed by atoms with E-state index in [9.17, 15) is 0 Å². The van der Waals surface area contributed by atoms with Gasteiger partial charge in [-0.1, -0.05) is 11.6 Å². The van der Waals surface area contributed by atoms with E-state index in [0.29, 0.717) is 16.5 Å². The first-order valence-electron chi connectivity index (χ1n) is 8.21. The molecule has 0 amide bonds. The zero-order chi connectivity index (χ0) is 17.4. The van der Waals surface area contributed by atoms with Crippen LogP contribution in [0, 0.1) is 0 Å². The van der Waals surface area contributed by atoms with E-state index in [1.807, 2.05) is 22.7 Å². The lowest BCUT2D eigenvalue weighted by molar-refractivity contribution is 0.395. The molecule has 0 N–H and O–H groups in total. The highest BCUT2D eigenvalue weighted by atomic mass is 35.5. The minimum atomic E-state index is 0.520. The molecular formula is C18H19ClN4O2. The van der Waals surface area contributed by atoms with Crippen LogP contribution in [0.15, 0.2) is 30.7 Å². The van der Waals surface area contributed by atoms with E-state index in [1.54, 1.807) is 26.6 Å². The summed E-state index contributed by atoms with van der Waals surface area (Å²) < 4.78 is 12.7. The van der Waals surface area contributed by atoms with Gasteiger partial charge in [-0.05, 0) is 18.9 Å². The van der Waals surface area contributed by atoms with E-state index in [1.165, 1.54) is 12.8 Å². The molecule has 1 fully saturated rings. The van der Waals surface area contributed by atoms with E-state index < -0.39 is 0 Å². The van der Waals surface area contributed by atoms with Crippen molar-refractivity contribution in [3.8, 4) is 22.8 Å². The molecule has 0 bridgehead atoms. The number of hydrogen-bond donors (Lipinski definition) is 0. The maximum absolute atomic E-state index is 6.28. The second kappa shape index (κ2) is 6.44. The van der Waals surface area contributed by atoms with Gasteiger partial charge in [-0.2, -0.15) is 0 Å². The van der Waals surface area contributed by atoms with Crippen LogP contribution in [-0.4, -0.2) is 41.7 Å². The molecule has 0 unspecified atom stereocenters. The molecule has 0 aliphatic carbocycles. The summed E-state index contributed by atoms with van der Waals surface area (Å²) in [5.41, 5.74) is 2.45. The number of aromatic nitrogens is 3. The number of methoxy groups -OCH3 is 2. The van der Waals surface area contributed by atoms with Gasteiger partial charge in [-0.3, -0.25) is 4.40 Å². The molecule has 1 aromatic carbocycles. The number of benzene rings is 1. The van der Waals surface area contributed by atoms with E-state index in [4.69, 9.17) is 26.1 Å². The Hall–Kier alpha value is -2.47. The predicted octanol–water partition coefficient (Wildman–Crippen LogP) is 3.67. The summed E-state index contributed by atoms with van der Waals surface area (Å²) in [5, 5.41) is 0.520. The van der Waals surface area contributed by atoms with Gasteiger partial charge in [0.05, 0.1) is 24.9 Å². The van der Waals surface area contributed by atoms with Crippen LogP contribution in [0.2, 0.25) is 5.02 Å². The second-order valence-corrected chi connectivity index (χ2v) is 6.43. The summed E-state index contributed by atoms with van der Waals surface area (Å²) in [6.45, 7) is 2.11. The lowest BCUT2D eigenvalue weighted by atomic mass is 10.1. The highest BCUT2D eigenvalue weighted by Gasteiger charge is 2.17. The SMILES string of the molecule is COc1cc(OC)c(-c2cn3cnc(N4CCCC4)cc3n2)cc1Cl. The Bertz CT molecular complexity index is 919. The van der Waals surface area contributed by atoms with E-state index >= 15 is 0 Å². The fourth-order valence-corrected chi connectivity index (χ4v) is 3.43. The number of anilines is 1. The molecule has 3 aromatic rings. The molecule has 0 spiro atoms. The van der Waals surface area contributed by atoms with Crippen molar-refractivity contribution in [2.45, 2.75) is 12.8 Å². The van der Waals surface area contributed by atoms with Gasteiger partial charge in [0.2, 0.25) is 0 Å². The molecule has 1 aliphatic rings. The molecule has 1 aliphatic heterocycles. The first kappa shape index (κ1) is 16.0. The fourth-order valence-electron chi connectivity index (χ4n) is 3.19. The first-order valence-corrected chi connectivity index (χ1v) is 8.59. The molecule has 0 radical (unpaired) electrons. The van der Waals surface area contributed by atoms with Crippen LogP contribution in [0.1, 0.15) is 12.8 Å². The zero-order valence-corrected chi connectivity index (χ0v) is 15.0. The Kier molecular flexibility index (Phi) is 4.13.